The minimum Gasteiger partial charge on any atom is -0.486 e. The Balaban J connectivity index is 1.19. The van der Waals surface area contributed by atoms with Crippen LogP contribution in [0.1, 0.15) is 11.3 Å². The third kappa shape index (κ3) is 3.89. The summed E-state index contributed by atoms with van der Waals surface area (Å²) >= 11 is 1.77. The molecule has 2 amide bonds. The quantitative estimate of drug-likeness (QED) is 0.749. The fraction of sp³-hybridized carbons (Fsp3) is 0.455. The van der Waals surface area contributed by atoms with Gasteiger partial charge in [0.2, 0.25) is 11.8 Å². The van der Waals surface area contributed by atoms with Crippen molar-refractivity contribution in [1.29, 1.82) is 0 Å². The lowest BCUT2D eigenvalue weighted by Gasteiger charge is -2.35. The molecule has 30 heavy (non-hydrogen) atoms. The molecule has 2 aromatic rings. The molecular formula is C22H25N3O4S. The van der Waals surface area contributed by atoms with E-state index in [0.29, 0.717) is 31.3 Å². The van der Waals surface area contributed by atoms with Crippen LogP contribution in [0.2, 0.25) is 0 Å². The van der Waals surface area contributed by atoms with Gasteiger partial charge in [0.05, 0.1) is 5.92 Å². The van der Waals surface area contributed by atoms with Crippen molar-refractivity contribution in [2.24, 2.45) is 5.92 Å². The van der Waals surface area contributed by atoms with Gasteiger partial charge in [-0.3, -0.25) is 14.5 Å². The normalized spacial score (nSPS) is 21.9. The number of hydrogen-bond donors (Lipinski definition) is 0. The lowest BCUT2D eigenvalue weighted by Crippen LogP contribution is -2.50. The van der Waals surface area contributed by atoms with Gasteiger partial charge in [-0.25, -0.2) is 0 Å². The molecule has 0 saturated carbocycles. The molecule has 4 heterocycles. The highest BCUT2D eigenvalue weighted by Crippen LogP contribution is 2.36. The monoisotopic (exact) mass is 427 g/mol. The summed E-state index contributed by atoms with van der Waals surface area (Å²) in [6.07, 6.45) is 0.267. The SMILES string of the molecule is O=C(C1CC(=O)N(c2ccc3c(c2)OCCO3)C1)N1CCN(Cc2cccs2)CC1. The molecule has 2 saturated heterocycles. The first kappa shape index (κ1) is 19.4. The van der Waals surface area contributed by atoms with E-state index in [1.54, 1.807) is 16.2 Å². The van der Waals surface area contributed by atoms with E-state index in [2.05, 4.69) is 22.4 Å². The molecule has 1 unspecified atom stereocenters. The van der Waals surface area contributed by atoms with Crippen LogP contribution in [0.4, 0.5) is 5.69 Å². The van der Waals surface area contributed by atoms with E-state index in [9.17, 15) is 9.59 Å². The van der Waals surface area contributed by atoms with E-state index in [0.717, 1.165) is 38.4 Å². The highest BCUT2D eigenvalue weighted by molar-refractivity contribution is 7.09. The molecule has 1 aromatic heterocycles. The Morgan fingerprint density at radius 3 is 2.63 bits per heavy atom. The summed E-state index contributed by atoms with van der Waals surface area (Å²) in [7, 11) is 0. The van der Waals surface area contributed by atoms with E-state index in [1.807, 2.05) is 23.1 Å². The number of hydrogen-bond acceptors (Lipinski definition) is 6. The third-order valence-electron chi connectivity index (χ3n) is 5.96. The van der Waals surface area contributed by atoms with Gasteiger partial charge in [-0.05, 0) is 23.6 Å². The highest BCUT2D eigenvalue weighted by Gasteiger charge is 2.38. The van der Waals surface area contributed by atoms with E-state index < -0.39 is 0 Å². The average molecular weight is 428 g/mol. The van der Waals surface area contributed by atoms with Crippen molar-refractivity contribution >= 4 is 28.8 Å². The molecule has 8 heteroatoms. The number of thiophene rings is 1. The second kappa shape index (κ2) is 8.28. The summed E-state index contributed by atoms with van der Waals surface area (Å²) in [5.41, 5.74) is 0.764. The second-order valence-corrected chi connectivity index (χ2v) is 8.95. The number of carbonyl (C=O) groups excluding carboxylic acids is 2. The molecule has 1 atom stereocenters. The number of rotatable bonds is 4. The van der Waals surface area contributed by atoms with E-state index >= 15 is 0 Å². The zero-order chi connectivity index (χ0) is 20.5. The molecule has 0 spiro atoms. The first-order valence-electron chi connectivity index (χ1n) is 10.4. The van der Waals surface area contributed by atoms with Gasteiger partial charge < -0.3 is 19.3 Å². The molecule has 158 valence electrons. The molecule has 1 aromatic carbocycles. The van der Waals surface area contributed by atoms with Crippen LogP contribution in [0.25, 0.3) is 0 Å². The van der Waals surface area contributed by atoms with E-state index in [1.165, 1.54) is 4.88 Å². The molecular weight excluding hydrogens is 402 g/mol. The lowest BCUT2D eigenvalue weighted by molar-refractivity contribution is -0.137. The van der Waals surface area contributed by atoms with Crippen LogP contribution in [0.15, 0.2) is 35.7 Å². The van der Waals surface area contributed by atoms with Crippen molar-refractivity contribution in [3.63, 3.8) is 0 Å². The number of fused-ring (bicyclic) bond motifs is 1. The maximum absolute atomic E-state index is 13.1. The number of carbonyl (C=O) groups is 2. The topological polar surface area (TPSA) is 62.3 Å². The Morgan fingerprint density at radius 2 is 1.87 bits per heavy atom. The lowest BCUT2D eigenvalue weighted by atomic mass is 10.1. The molecule has 0 aliphatic carbocycles. The van der Waals surface area contributed by atoms with Crippen LogP contribution in [0.3, 0.4) is 0 Å². The van der Waals surface area contributed by atoms with Crippen LogP contribution >= 0.6 is 11.3 Å². The van der Waals surface area contributed by atoms with Crippen LogP contribution in [-0.4, -0.2) is 67.6 Å². The number of amides is 2. The smallest absolute Gasteiger partial charge is 0.228 e. The number of nitrogens with zero attached hydrogens (tertiary/aromatic N) is 3. The average Bonchev–Trinajstić information content (AvgIpc) is 3.43. The first-order valence-corrected chi connectivity index (χ1v) is 11.3. The highest BCUT2D eigenvalue weighted by atomic mass is 32.1. The van der Waals surface area contributed by atoms with Gasteiger partial charge in [-0.1, -0.05) is 6.07 Å². The van der Waals surface area contributed by atoms with Crippen molar-refractivity contribution < 1.29 is 19.1 Å². The zero-order valence-corrected chi connectivity index (χ0v) is 17.6. The summed E-state index contributed by atoms with van der Waals surface area (Å²) in [6, 6.07) is 9.76. The van der Waals surface area contributed by atoms with Gasteiger partial charge in [-0.2, -0.15) is 0 Å². The van der Waals surface area contributed by atoms with Gasteiger partial charge in [0.25, 0.3) is 0 Å². The molecule has 5 rings (SSSR count). The fourth-order valence-corrected chi connectivity index (χ4v) is 5.08. The van der Waals surface area contributed by atoms with Crippen LogP contribution < -0.4 is 14.4 Å². The molecule has 0 radical (unpaired) electrons. The van der Waals surface area contributed by atoms with Gasteiger partial charge >= 0.3 is 0 Å². The summed E-state index contributed by atoms with van der Waals surface area (Å²) in [5.74, 6) is 1.16. The third-order valence-corrected chi connectivity index (χ3v) is 6.82. The van der Waals surface area contributed by atoms with Crippen molar-refractivity contribution in [1.82, 2.24) is 9.80 Å². The molecule has 7 nitrogen and oxygen atoms in total. The molecule has 3 aliphatic rings. The zero-order valence-electron chi connectivity index (χ0n) is 16.8. The minimum atomic E-state index is -0.283. The van der Waals surface area contributed by atoms with Crippen molar-refractivity contribution in [2.75, 3.05) is 50.8 Å². The van der Waals surface area contributed by atoms with Crippen molar-refractivity contribution in [3.05, 3.63) is 40.6 Å². The Hall–Kier alpha value is -2.58. The molecule has 2 fully saturated rings. The van der Waals surface area contributed by atoms with Gasteiger partial charge in [0, 0.05) is 62.3 Å². The van der Waals surface area contributed by atoms with E-state index in [4.69, 9.17) is 9.47 Å². The van der Waals surface area contributed by atoms with Crippen LogP contribution in [0, 0.1) is 5.92 Å². The standard InChI is InChI=1S/C22H25N3O4S/c26-21-12-16(14-25(21)17-3-4-19-20(13-17)29-10-9-28-19)22(27)24-7-5-23(6-8-24)15-18-2-1-11-30-18/h1-4,11,13,16H,5-10,12,14-15H2. The summed E-state index contributed by atoms with van der Waals surface area (Å²) in [6.45, 7) is 5.59. The maximum atomic E-state index is 13.1. The number of anilines is 1. The van der Waals surface area contributed by atoms with Crippen molar-refractivity contribution in [3.8, 4) is 11.5 Å². The van der Waals surface area contributed by atoms with Crippen LogP contribution in [0.5, 0.6) is 11.5 Å². The van der Waals surface area contributed by atoms with E-state index in [-0.39, 0.29) is 24.2 Å². The first-order chi connectivity index (χ1) is 14.7. The van der Waals surface area contributed by atoms with Gasteiger partial charge in [-0.15, -0.1) is 11.3 Å². The Kier molecular flexibility index (Phi) is 5.35. The second-order valence-electron chi connectivity index (χ2n) is 7.91. The molecule has 3 aliphatic heterocycles. The maximum Gasteiger partial charge on any atom is 0.228 e. The fourth-order valence-electron chi connectivity index (χ4n) is 4.33. The Bertz CT molecular complexity index is 924. The van der Waals surface area contributed by atoms with Gasteiger partial charge in [0.1, 0.15) is 13.2 Å². The van der Waals surface area contributed by atoms with Crippen LogP contribution in [-0.2, 0) is 16.1 Å². The predicted octanol–water partition coefficient (Wildman–Crippen LogP) is 2.22. The minimum absolute atomic E-state index is 0.0126. The summed E-state index contributed by atoms with van der Waals surface area (Å²) < 4.78 is 11.2. The summed E-state index contributed by atoms with van der Waals surface area (Å²) in [5, 5.41) is 2.10. The Morgan fingerprint density at radius 1 is 1.07 bits per heavy atom. The number of ether oxygens (including phenoxy) is 2. The molecule has 0 bridgehead atoms. The van der Waals surface area contributed by atoms with Crippen molar-refractivity contribution in [2.45, 2.75) is 13.0 Å². The number of piperazine rings is 1. The largest absolute Gasteiger partial charge is 0.486 e. The summed E-state index contributed by atoms with van der Waals surface area (Å²) in [4.78, 5) is 33.1. The number of benzene rings is 1. The predicted molar refractivity (Wildman–Crippen MR) is 114 cm³/mol. The molecule has 0 N–H and O–H groups in total. The van der Waals surface area contributed by atoms with Gasteiger partial charge in [0.15, 0.2) is 11.5 Å². The Labute approximate surface area is 179 Å².